The van der Waals surface area contributed by atoms with Crippen molar-refractivity contribution in [2.75, 3.05) is 12.4 Å². The van der Waals surface area contributed by atoms with Crippen molar-refractivity contribution in [3.05, 3.63) is 74.9 Å². The second kappa shape index (κ2) is 8.62. The molecule has 3 aromatic rings. The van der Waals surface area contributed by atoms with Gasteiger partial charge in [0.2, 0.25) is 0 Å². The zero-order valence-electron chi connectivity index (χ0n) is 14.4. The molecule has 26 heavy (non-hydrogen) atoms. The maximum Gasteiger partial charge on any atom is 0.256 e. The Morgan fingerprint density at radius 3 is 2.77 bits per heavy atom. The van der Waals surface area contributed by atoms with Crippen molar-refractivity contribution < 1.29 is 9.53 Å². The summed E-state index contributed by atoms with van der Waals surface area (Å²) >= 11 is 9.51. The van der Waals surface area contributed by atoms with Gasteiger partial charge >= 0.3 is 0 Å². The average Bonchev–Trinajstić information content (AvgIpc) is 3.16. The van der Waals surface area contributed by atoms with E-state index in [1.165, 1.54) is 4.88 Å². The van der Waals surface area contributed by atoms with E-state index in [-0.39, 0.29) is 5.91 Å². The van der Waals surface area contributed by atoms with Gasteiger partial charge in [-0.15, -0.1) is 23.1 Å². The van der Waals surface area contributed by atoms with Crippen LogP contribution >= 0.6 is 34.7 Å². The highest BCUT2D eigenvalue weighted by molar-refractivity contribution is 7.98. The van der Waals surface area contributed by atoms with Gasteiger partial charge in [0.15, 0.2) is 0 Å². The number of rotatable bonds is 6. The number of hydrogen-bond donors (Lipinski definition) is 1. The number of nitrogens with one attached hydrogen (secondary N) is 1. The summed E-state index contributed by atoms with van der Waals surface area (Å²) in [6, 6.07) is 15.3. The molecule has 1 N–H and O–H groups in total. The summed E-state index contributed by atoms with van der Waals surface area (Å²) in [5, 5.41) is 5.61. The van der Waals surface area contributed by atoms with Crippen molar-refractivity contribution >= 4 is 46.3 Å². The summed E-state index contributed by atoms with van der Waals surface area (Å²) < 4.78 is 5.34. The molecule has 0 fully saturated rings. The number of aryl methyl sites for hydroxylation is 1. The third kappa shape index (κ3) is 4.41. The van der Waals surface area contributed by atoms with Crippen LogP contribution in [0.1, 0.15) is 20.8 Å². The topological polar surface area (TPSA) is 38.3 Å². The Bertz CT molecular complexity index is 910. The van der Waals surface area contributed by atoms with Gasteiger partial charge in [0.1, 0.15) is 5.75 Å². The molecular formula is C20H18ClNO2S2. The number of methoxy groups -OCH3 is 1. The lowest BCUT2D eigenvalue weighted by molar-refractivity contribution is 0.102. The molecule has 1 amide bonds. The monoisotopic (exact) mass is 403 g/mol. The smallest absolute Gasteiger partial charge is 0.256 e. The van der Waals surface area contributed by atoms with Crippen molar-refractivity contribution in [3.63, 3.8) is 0 Å². The van der Waals surface area contributed by atoms with Crippen LogP contribution < -0.4 is 10.1 Å². The number of amides is 1. The van der Waals surface area contributed by atoms with E-state index in [2.05, 4.69) is 16.8 Å². The highest BCUT2D eigenvalue weighted by atomic mass is 35.5. The van der Waals surface area contributed by atoms with Gasteiger partial charge in [-0.05, 0) is 42.1 Å². The van der Waals surface area contributed by atoms with E-state index in [9.17, 15) is 4.79 Å². The fourth-order valence-corrected chi connectivity index (χ4v) is 4.42. The third-order valence-corrected chi connectivity index (χ3v) is 6.40. The van der Waals surface area contributed by atoms with E-state index in [0.29, 0.717) is 22.0 Å². The zero-order chi connectivity index (χ0) is 18.5. The molecule has 0 bridgehead atoms. The van der Waals surface area contributed by atoms with E-state index >= 15 is 0 Å². The Kier molecular flexibility index (Phi) is 6.25. The highest BCUT2D eigenvalue weighted by Gasteiger charge is 2.15. The third-order valence-electron chi connectivity index (χ3n) is 3.81. The molecule has 0 radical (unpaired) electrons. The number of thioether (sulfide) groups is 1. The molecule has 6 heteroatoms. The average molecular weight is 404 g/mol. The van der Waals surface area contributed by atoms with Crippen LogP contribution in [-0.2, 0) is 5.75 Å². The Morgan fingerprint density at radius 2 is 2.04 bits per heavy atom. The van der Waals surface area contributed by atoms with Crippen LogP contribution in [0.5, 0.6) is 5.75 Å². The largest absolute Gasteiger partial charge is 0.495 e. The summed E-state index contributed by atoms with van der Waals surface area (Å²) in [6.45, 7) is 1.89. The Morgan fingerprint density at radius 1 is 1.23 bits per heavy atom. The van der Waals surface area contributed by atoms with E-state index in [4.69, 9.17) is 16.3 Å². The van der Waals surface area contributed by atoms with E-state index in [1.54, 1.807) is 36.3 Å². The first-order valence-corrected chi connectivity index (χ1v) is 10.2. The molecule has 0 unspecified atom stereocenters. The molecule has 0 saturated carbocycles. The molecule has 0 saturated heterocycles. The van der Waals surface area contributed by atoms with Crippen molar-refractivity contribution in [1.82, 2.24) is 0 Å². The number of carbonyl (C=O) groups is 1. The van der Waals surface area contributed by atoms with Gasteiger partial charge in [0, 0.05) is 26.6 Å². The number of anilines is 1. The van der Waals surface area contributed by atoms with Gasteiger partial charge in [-0.2, -0.15) is 0 Å². The Labute approximate surface area is 166 Å². The number of halogens is 1. The first kappa shape index (κ1) is 18.8. The van der Waals surface area contributed by atoms with Crippen molar-refractivity contribution in [2.24, 2.45) is 0 Å². The second-order valence-corrected chi connectivity index (χ2v) is 8.08. The molecule has 0 aliphatic heterocycles. The molecule has 1 aromatic heterocycles. The maximum absolute atomic E-state index is 12.9. The molecule has 1 heterocycles. The number of ether oxygens (including phenoxy) is 1. The first-order chi connectivity index (χ1) is 12.6. The van der Waals surface area contributed by atoms with Gasteiger partial charge in [0.05, 0.1) is 18.4 Å². The summed E-state index contributed by atoms with van der Waals surface area (Å²) in [4.78, 5) is 15.1. The SMILES string of the molecule is COc1cc(Cl)c(C)cc1NC(=O)c1ccccc1SCc1cccs1. The highest BCUT2D eigenvalue weighted by Crippen LogP contribution is 2.33. The standard InChI is InChI=1S/C20H18ClNO2S2/c1-13-10-17(18(24-2)11-16(13)21)22-20(23)15-7-3-4-8-19(15)26-12-14-6-5-9-25-14/h3-11H,12H2,1-2H3,(H,22,23). The fraction of sp³-hybridized carbons (Fsp3) is 0.150. The number of thiophene rings is 1. The number of hydrogen-bond acceptors (Lipinski definition) is 4. The molecule has 2 aromatic carbocycles. The molecule has 134 valence electrons. The van der Waals surface area contributed by atoms with Gasteiger partial charge in [-0.1, -0.05) is 29.8 Å². The molecule has 0 atom stereocenters. The minimum Gasteiger partial charge on any atom is -0.495 e. The number of benzene rings is 2. The minimum atomic E-state index is -0.167. The summed E-state index contributed by atoms with van der Waals surface area (Å²) in [5.41, 5.74) is 2.13. The molecule has 3 rings (SSSR count). The van der Waals surface area contributed by atoms with Crippen molar-refractivity contribution in [1.29, 1.82) is 0 Å². The lowest BCUT2D eigenvalue weighted by atomic mass is 10.1. The van der Waals surface area contributed by atoms with Crippen LogP contribution in [0.2, 0.25) is 5.02 Å². The van der Waals surface area contributed by atoms with Crippen LogP contribution in [0, 0.1) is 6.92 Å². The minimum absolute atomic E-state index is 0.167. The lowest BCUT2D eigenvalue weighted by Crippen LogP contribution is -2.14. The number of carbonyl (C=O) groups excluding carboxylic acids is 1. The molecular weight excluding hydrogens is 386 g/mol. The fourth-order valence-electron chi connectivity index (χ4n) is 2.44. The maximum atomic E-state index is 12.9. The van der Waals surface area contributed by atoms with Gasteiger partial charge in [-0.25, -0.2) is 0 Å². The molecule has 0 aliphatic carbocycles. The summed E-state index contributed by atoms with van der Waals surface area (Å²) in [5.74, 6) is 1.21. The van der Waals surface area contributed by atoms with E-state index in [1.807, 2.05) is 43.3 Å². The van der Waals surface area contributed by atoms with Crippen LogP contribution in [0.3, 0.4) is 0 Å². The Hall–Kier alpha value is -1.95. The first-order valence-electron chi connectivity index (χ1n) is 7.98. The van der Waals surface area contributed by atoms with Gasteiger partial charge < -0.3 is 10.1 Å². The Balaban J connectivity index is 1.81. The van der Waals surface area contributed by atoms with Crippen LogP contribution in [0.15, 0.2) is 58.8 Å². The van der Waals surface area contributed by atoms with E-state index in [0.717, 1.165) is 16.2 Å². The molecule has 3 nitrogen and oxygen atoms in total. The lowest BCUT2D eigenvalue weighted by Gasteiger charge is -2.14. The summed E-state index contributed by atoms with van der Waals surface area (Å²) in [7, 11) is 1.56. The van der Waals surface area contributed by atoms with Crippen LogP contribution in [0.25, 0.3) is 0 Å². The molecule has 0 aliphatic rings. The van der Waals surface area contributed by atoms with Gasteiger partial charge in [0.25, 0.3) is 5.91 Å². The predicted octanol–water partition coefficient (Wildman–Crippen LogP) is 6.26. The predicted molar refractivity (Wildman–Crippen MR) is 111 cm³/mol. The van der Waals surface area contributed by atoms with Crippen LogP contribution in [0.4, 0.5) is 5.69 Å². The summed E-state index contributed by atoms with van der Waals surface area (Å²) in [6.07, 6.45) is 0. The quantitative estimate of drug-likeness (QED) is 0.493. The van der Waals surface area contributed by atoms with Crippen molar-refractivity contribution in [3.8, 4) is 5.75 Å². The van der Waals surface area contributed by atoms with Crippen molar-refractivity contribution in [2.45, 2.75) is 17.6 Å². The molecule has 0 spiro atoms. The zero-order valence-corrected chi connectivity index (χ0v) is 16.8. The normalized spacial score (nSPS) is 10.6. The van der Waals surface area contributed by atoms with Crippen LogP contribution in [-0.4, -0.2) is 13.0 Å². The van der Waals surface area contributed by atoms with E-state index < -0.39 is 0 Å². The van der Waals surface area contributed by atoms with Gasteiger partial charge in [-0.3, -0.25) is 4.79 Å². The second-order valence-electron chi connectivity index (χ2n) is 5.62.